The van der Waals surface area contributed by atoms with Crippen molar-refractivity contribution in [2.75, 3.05) is 23.8 Å². The molecule has 0 fully saturated rings. The molecule has 0 spiro atoms. The standard InChI is InChI=1S/C18H17ClN2O4/c1-11-2-3-12(8-14(11)19)20-17(22)10-18(23)21-13-4-5-15-16(9-13)25-7-6-24-15/h2-5,8-9H,6-7,10H2,1H3,(H,20,22)(H,21,23). The van der Waals surface area contributed by atoms with Gasteiger partial charge in [-0.3, -0.25) is 9.59 Å². The number of hydrogen-bond acceptors (Lipinski definition) is 4. The van der Waals surface area contributed by atoms with E-state index in [4.69, 9.17) is 21.1 Å². The first-order chi connectivity index (χ1) is 12.0. The second kappa shape index (κ2) is 7.44. The first kappa shape index (κ1) is 17.1. The highest BCUT2D eigenvalue weighted by Gasteiger charge is 2.14. The Morgan fingerprint density at radius 2 is 1.56 bits per heavy atom. The molecule has 2 amide bonds. The van der Waals surface area contributed by atoms with E-state index in [0.29, 0.717) is 41.1 Å². The number of anilines is 2. The number of hydrogen-bond donors (Lipinski definition) is 2. The lowest BCUT2D eigenvalue weighted by atomic mass is 10.2. The van der Waals surface area contributed by atoms with Crippen LogP contribution in [-0.4, -0.2) is 25.0 Å². The molecule has 1 heterocycles. The summed E-state index contributed by atoms with van der Waals surface area (Å²) >= 11 is 6.02. The van der Waals surface area contributed by atoms with Gasteiger partial charge in [-0.15, -0.1) is 0 Å². The maximum Gasteiger partial charge on any atom is 0.233 e. The smallest absolute Gasteiger partial charge is 0.233 e. The van der Waals surface area contributed by atoms with Gasteiger partial charge < -0.3 is 20.1 Å². The molecule has 25 heavy (non-hydrogen) atoms. The Balaban J connectivity index is 1.56. The molecule has 0 aromatic heterocycles. The first-order valence-corrected chi connectivity index (χ1v) is 8.14. The minimum absolute atomic E-state index is 0.306. The minimum atomic E-state index is -0.424. The normalized spacial score (nSPS) is 12.4. The number of aryl methyl sites for hydroxylation is 1. The summed E-state index contributed by atoms with van der Waals surface area (Å²) in [5.41, 5.74) is 2.00. The third-order valence-corrected chi connectivity index (χ3v) is 4.01. The van der Waals surface area contributed by atoms with E-state index in [1.807, 2.05) is 6.92 Å². The molecule has 6 nitrogen and oxygen atoms in total. The highest BCUT2D eigenvalue weighted by Crippen LogP contribution is 2.32. The van der Waals surface area contributed by atoms with Gasteiger partial charge in [-0.05, 0) is 36.8 Å². The van der Waals surface area contributed by atoms with Gasteiger partial charge in [0.2, 0.25) is 11.8 Å². The van der Waals surface area contributed by atoms with Crippen molar-refractivity contribution in [2.45, 2.75) is 13.3 Å². The summed E-state index contributed by atoms with van der Waals surface area (Å²) in [4.78, 5) is 24.0. The van der Waals surface area contributed by atoms with Crippen LogP contribution in [0.25, 0.3) is 0 Å². The molecular weight excluding hydrogens is 344 g/mol. The number of amides is 2. The van der Waals surface area contributed by atoms with E-state index in [0.717, 1.165) is 5.56 Å². The van der Waals surface area contributed by atoms with Crippen LogP contribution in [-0.2, 0) is 9.59 Å². The molecule has 2 aromatic rings. The van der Waals surface area contributed by atoms with E-state index >= 15 is 0 Å². The quantitative estimate of drug-likeness (QED) is 0.819. The van der Waals surface area contributed by atoms with Gasteiger partial charge in [0.25, 0.3) is 0 Å². The third-order valence-electron chi connectivity index (χ3n) is 3.60. The zero-order valence-electron chi connectivity index (χ0n) is 13.6. The van der Waals surface area contributed by atoms with Crippen LogP contribution in [0.3, 0.4) is 0 Å². The molecule has 2 N–H and O–H groups in total. The second-order valence-corrected chi connectivity index (χ2v) is 6.00. The molecule has 1 aliphatic rings. The van der Waals surface area contributed by atoms with E-state index in [9.17, 15) is 9.59 Å². The van der Waals surface area contributed by atoms with E-state index < -0.39 is 11.8 Å². The van der Waals surface area contributed by atoms with Crippen molar-refractivity contribution in [1.29, 1.82) is 0 Å². The van der Waals surface area contributed by atoms with Crippen molar-refractivity contribution in [1.82, 2.24) is 0 Å². The molecule has 0 bridgehead atoms. The average molecular weight is 361 g/mol. The Kier molecular flexibility index (Phi) is 5.09. The van der Waals surface area contributed by atoms with Crippen molar-refractivity contribution >= 4 is 34.8 Å². The zero-order chi connectivity index (χ0) is 17.8. The largest absolute Gasteiger partial charge is 0.486 e. The fourth-order valence-electron chi connectivity index (χ4n) is 2.35. The Labute approximate surface area is 150 Å². The van der Waals surface area contributed by atoms with Crippen molar-refractivity contribution in [2.24, 2.45) is 0 Å². The van der Waals surface area contributed by atoms with Crippen molar-refractivity contribution in [3.8, 4) is 11.5 Å². The zero-order valence-corrected chi connectivity index (χ0v) is 14.4. The fraction of sp³-hybridized carbons (Fsp3) is 0.222. The van der Waals surface area contributed by atoms with Gasteiger partial charge in [-0.2, -0.15) is 0 Å². The van der Waals surface area contributed by atoms with Crippen LogP contribution < -0.4 is 20.1 Å². The summed E-state index contributed by atoms with van der Waals surface area (Å²) in [7, 11) is 0. The van der Waals surface area contributed by atoms with Gasteiger partial charge >= 0.3 is 0 Å². The Bertz CT molecular complexity index is 823. The average Bonchev–Trinajstić information content (AvgIpc) is 2.58. The molecule has 0 unspecified atom stereocenters. The van der Waals surface area contributed by atoms with Gasteiger partial charge in [-0.25, -0.2) is 0 Å². The lowest BCUT2D eigenvalue weighted by Gasteiger charge is -2.19. The molecule has 1 aliphatic heterocycles. The van der Waals surface area contributed by atoms with Crippen LogP contribution in [0.1, 0.15) is 12.0 Å². The monoisotopic (exact) mass is 360 g/mol. The topological polar surface area (TPSA) is 76.7 Å². The molecule has 130 valence electrons. The van der Waals surface area contributed by atoms with Gasteiger partial charge in [0.1, 0.15) is 19.6 Å². The molecule has 0 saturated carbocycles. The Morgan fingerprint density at radius 3 is 2.24 bits per heavy atom. The van der Waals surface area contributed by atoms with Crippen molar-refractivity contribution in [3.05, 3.63) is 47.0 Å². The number of fused-ring (bicyclic) bond motifs is 1. The van der Waals surface area contributed by atoms with E-state index in [2.05, 4.69) is 10.6 Å². The summed E-state index contributed by atoms with van der Waals surface area (Å²) in [5, 5.41) is 5.87. The predicted molar refractivity (Wildman–Crippen MR) is 95.5 cm³/mol. The summed E-state index contributed by atoms with van der Waals surface area (Å²) in [5.74, 6) is 0.364. The van der Waals surface area contributed by atoms with Crippen molar-refractivity contribution in [3.63, 3.8) is 0 Å². The van der Waals surface area contributed by atoms with Crippen LogP contribution in [0.4, 0.5) is 11.4 Å². The van der Waals surface area contributed by atoms with E-state index in [-0.39, 0.29) is 6.42 Å². The number of rotatable bonds is 4. The first-order valence-electron chi connectivity index (χ1n) is 7.77. The third kappa shape index (κ3) is 4.42. The summed E-state index contributed by atoms with van der Waals surface area (Å²) < 4.78 is 10.9. The van der Waals surface area contributed by atoms with Gasteiger partial charge in [0, 0.05) is 22.5 Å². The van der Waals surface area contributed by atoms with Crippen LogP contribution in [0, 0.1) is 6.92 Å². The highest BCUT2D eigenvalue weighted by molar-refractivity contribution is 6.31. The number of benzene rings is 2. The predicted octanol–water partition coefficient (Wildman–Crippen LogP) is 3.39. The van der Waals surface area contributed by atoms with Crippen LogP contribution in [0.15, 0.2) is 36.4 Å². The highest BCUT2D eigenvalue weighted by atomic mass is 35.5. The maximum atomic E-state index is 12.0. The van der Waals surface area contributed by atoms with Gasteiger partial charge in [0.15, 0.2) is 11.5 Å². The summed E-state index contributed by atoms with van der Waals surface area (Å²) in [6.45, 7) is 2.84. The number of halogens is 1. The number of nitrogens with one attached hydrogen (secondary N) is 2. The second-order valence-electron chi connectivity index (χ2n) is 5.60. The number of carbonyl (C=O) groups excluding carboxylic acids is 2. The van der Waals surface area contributed by atoms with Crippen LogP contribution in [0.5, 0.6) is 11.5 Å². The van der Waals surface area contributed by atoms with Gasteiger partial charge in [-0.1, -0.05) is 17.7 Å². The summed E-state index contributed by atoms with van der Waals surface area (Å²) in [6, 6.07) is 10.3. The minimum Gasteiger partial charge on any atom is -0.486 e. The molecule has 0 radical (unpaired) electrons. The molecule has 0 aliphatic carbocycles. The van der Waals surface area contributed by atoms with Crippen LogP contribution in [0.2, 0.25) is 5.02 Å². The lowest BCUT2D eigenvalue weighted by molar-refractivity contribution is -0.123. The molecule has 2 aromatic carbocycles. The Morgan fingerprint density at radius 1 is 0.960 bits per heavy atom. The summed E-state index contributed by atoms with van der Waals surface area (Å²) in [6.07, 6.45) is -0.306. The van der Waals surface area contributed by atoms with E-state index in [1.54, 1.807) is 36.4 Å². The Hall–Kier alpha value is -2.73. The van der Waals surface area contributed by atoms with Crippen molar-refractivity contribution < 1.29 is 19.1 Å². The van der Waals surface area contributed by atoms with Crippen LogP contribution >= 0.6 is 11.6 Å². The molecule has 0 atom stereocenters. The molecule has 7 heteroatoms. The molecular formula is C18H17ClN2O4. The van der Waals surface area contributed by atoms with E-state index in [1.165, 1.54) is 0 Å². The number of ether oxygens (including phenoxy) is 2. The molecule has 3 rings (SSSR count). The number of carbonyl (C=O) groups is 2. The van der Waals surface area contributed by atoms with Gasteiger partial charge in [0.05, 0.1) is 0 Å². The maximum absolute atomic E-state index is 12.0. The fourth-order valence-corrected chi connectivity index (χ4v) is 2.53. The lowest BCUT2D eigenvalue weighted by Crippen LogP contribution is -2.21. The SMILES string of the molecule is Cc1ccc(NC(=O)CC(=O)Nc2ccc3c(c2)OCCO3)cc1Cl. The molecule has 0 saturated heterocycles.